The minimum absolute atomic E-state index is 0.208. The maximum atomic E-state index is 12.0. The molecule has 0 spiro atoms. The molecule has 1 aliphatic heterocycles. The van der Waals surface area contributed by atoms with Gasteiger partial charge in [-0.05, 0) is 35.9 Å². The summed E-state index contributed by atoms with van der Waals surface area (Å²) in [5.74, 6) is 1.05. The molecular weight excluding hydrogens is 344 g/mol. The van der Waals surface area contributed by atoms with Gasteiger partial charge in [0.2, 0.25) is 0 Å². The van der Waals surface area contributed by atoms with Gasteiger partial charge in [-0.15, -0.1) is 0 Å². The normalized spacial score (nSPS) is 15.6. The van der Waals surface area contributed by atoms with E-state index in [1.807, 2.05) is 48.5 Å². The van der Waals surface area contributed by atoms with Crippen LogP contribution in [-0.2, 0) is 4.79 Å². The summed E-state index contributed by atoms with van der Waals surface area (Å²) in [5.41, 5.74) is 2.12. The highest BCUT2D eigenvalue weighted by atomic mass is 79.9. The Balaban J connectivity index is 1.92. The first-order chi connectivity index (χ1) is 10.7. The van der Waals surface area contributed by atoms with Gasteiger partial charge in [0.15, 0.2) is 0 Å². The second-order valence-corrected chi connectivity index (χ2v) is 5.64. The molecule has 1 heterocycles. The van der Waals surface area contributed by atoms with Gasteiger partial charge in [0.05, 0.1) is 7.11 Å². The zero-order valence-corrected chi connectivity index (χ0v) is 13.4. The van der Waals surface area contributed by atoms with E-state index in [2.05, 4.69) is 26.2 Å². The Kier molecular flexibility index (Phi) is 4.06. The Morgan fingerprint density at radius 1 is 1.18 bits per heavy atom. The molecule has 110 valence electrons. The van der Waals surface area contributed by atoms with Crippen molar-refractivity contribution in [3.63, 3.8) is 0 Å². The van der Waals surface area contributed by atoms with Crippen LogP contribution < -0.4 is 10.1 Å². The van der Waals surface area contributed by atoms with Gasteiger partial charge >= 0.3 is 0 Å². The minimum Gasteiger partial charge on any atom is -0.497 e. The average molecular weight is 357 g/mol. The van der Waals surface area contributed by atoms with Gasteiger partial charge in [0.25, 0.3) is 5.91 Å². The standard InChI is InChI=1S/C17H13BrN2O2/c1-22-14-4-2-3-12(10-14)16-19-15(17(21)20-16)9-11-5-7-13(18)8-6-11/h2-10H,1H3,(H,19,20,21)/b15-9+. The summed E-state index contributed by atoms with van der Waals surface area (Å²) in [6.45, 7) is 0. The Labute approximate surface area is 136 Å². The van der Waals surface area contributed by atoms with Crippen LogP contribution in [0.25, 0.3) is 6.08 Å². The molecule has 0 fully saturated rings. The molecule has 0 unspecified atom stereocenters. The molecule has 0 bridgehead atoms. The maximum Gasteiger partial charge on any atom is 0.275 e. The van der Waals surface area contributed by atoms with Crippen molar-refractivity contribution in [2.24, 2.45) is 4.99 Å². The fraction of sp³-hybridized carbons (Fsp3) is 0.0588. The lowest BCUT2D eigenvalue weighted by Gasteiger charge is -2.03. The van der Waals surface area contributed by atoms with E-state index in [4.69, 9.17) is 4.74 Å². The zero-order chi connectivity index (χ0) is 15.5. The van der Waals surface area contributed by atoms with Crippen LogP contribution in [0.2, 0.25) is 0 Å². The molecule has 2 aromatic carbocycles. The van der Waals surface area contributed by atoms with Crippen LogP contribution in [0.5, 0.6) is 5.75 Å². The van der Waals surface area contributed by atoms with Crippen LogP contribution in [0.3, 0.4) is 0 Å². The number of methoxy groups -OCH3 is 1. The molecule has 0 aliphatic carbocycles. The Morgan fingerprint density at radius 2 is 1.95 bits per heavy atom. The Hall–Kier alpha value is -2.40. The summed E-state index contributed by atoms with van der Waals surface area (Å²) in [6.07, 6.45) is 1.76. The lowest BCUT2D eigenvalue weighted by molar-refractivity contribution is -0.115. The summed E-state index contributed by atoms with van der Waals surface area (Å²) in [6, 6.07) is 15.1. The lowest BCUT2D eigenvalue weighted by Crippen LogP contribution is -2.24. The number of carbonyl (C=O) groups excluding carboxylic acids is 1. The van der Waals surface area contributed by atoms with Crippen molar-refractivity contribution in [1.29, 1.82) is 0 Å². The molecule has 1 amide bonds. The first kappa shape index (κ1) is 14.5. The topological polar surface area (TPSA) is 50.7 Å². The third-order valence-corrected chi connectivity index (χ3v) is 3.74. The van der Waals surface area contributed by atoms with Crippen molar-refractivity contribution in [1.82, 2.24) is 5.32 Å². The number of amides is 1. The number of ether oxygens (including phenoxy) is 1. The number of rotatable bonds is 3. The molecule has 2 aromatic rings. The van der Waals surface area contributed by atoms with Crippen molar-refractivity contribution in [2.75, 3.05) is 7.11 Å². The maximum absolute atomic E-state index is 12.0. The second kappa shape index (κ2) is 6.15. The van der Waals surface area contributed by atoms with E-state index in [9.17, 15) is 4.79 Å². The van der Waals surface area contributed by atoms with Crippen LogP contribution in [0.15, 0.2) is 63.7 Å². The smallest absolute Gasteiger partial charge is 0.275 e. The zero-order valence-electron chi connectivity index (χ0n) is 11.8. The fourth-order valence-corrected chi connectivity index (χ4v) is 2.36. The molecule has 1 N–H and O–H groups in total. The first-order valence-electron chi connectivity index (χ1n) is 6.67. The summed E-state index contributed by atoms with van der Waals surface area (Å²) < 4.78 is 6.18. The number of carbonyl (C=O) groups is 1. The molecule has 0 atom stereocenters. The van der Waals surface area contributed by atoms with Gasteiger partial charge in [0, 0.05) is 10.0 Å². The van der Waals surface area contributed by atoms with Gasteiger partial charge in [-0.3, -0.25) is 4.79 Å². The predicted octanol–water partition coefficient (Wildman–Crippen LogP) is 3.38. The molecule has 0 saturated heterocycles. The van der Waals surface area contributed by atoms with E-state index in [1.54, 1.807) is 13.2 Å². The quantitative estimate of drug-likeness (QED) is 0.857. The monoisotopic (exact) mass is 356 g/mol. The van der Waals surface area contributed by atoms with Crippen molar-refractivity contribution < 1.29 is 9.53 Å². The van der Waals surface area contributed by atoms with Gasteiger partial charge in [-0.1, -0.05) is 40.2 Å². The van der Waals surface area contributed by atoms with Gasteiger partial charge in [-0.25, -0.2) is 4.99 Å². The summed E-state index contributed by atoms with van der Waals surface area (Å²) in [4.78, 5) is 16.4. The van der Waals surface area contributed by atoms with E-state index in [1.165, 1.54) is 0 Å². The third-order valence-electron chi connectivity index (χ3n) is 3.21. The molecule has 5 heteroatoms. The molecular formula is C17H13BrN2O2. The molecule has 0 saturated carbocycles. The first-order valence-corrected chi connectivity index (χ1v) is 7.47. The van der Waals surface area contributed by atoms with Crippen LogP contribution in [0.1, 0.15) is 11.1 Å². The van der Waals surface area contributed by atoms with E-state index in [0.29, 0.717) is 11.5 Å². The van der Waals surface area contributed by atoms with Gasteiger partial charge in [-0.2, -0.15) is 0 Å². The molecule has 0 aromatic heterocycles. The van der Waals surface area contributed by atoms with E-state index >= 15 is 0 Å². The van der Waals surface area contributed by atoms with Gasteiger partial charge in [0.1, 0.15) is 17.3 Å². The Bertz CT molecular complexity index is 780. The number of amidine groups is 1. The summed E-state index contributed by atoms with van der Waals surface area (Å²) in [7, 11) is 1.60. The molecule has 4 nitrogen and oxygen atoms in total. The van der Waals surface area contributed by atoms with Crippen LogP contribution in [-0.4, -0.2) is 18.9 Å². The number of hydrogen-bond acceptors (Lipinski definition) is 3. The average Bonchev–Trinajstić information content (AvgIpc) is 2.91. The minimum atomic E-state index is -0.208. The molecule has 3 rings (SSSR count). The SMILES string of the molecule is COc1cccc(C2=N/C(=C/c3ccc(Br)cc3)C(=O)N2)c1. The highest BCUT2D eigenvalue weighted by Gasteiger charge is 2.21. The Morgan fingerprint density at radius 3 is 2.68 bits per heavy atom. The number of nitrogens with zero attached hydrogens (tertiary/aromatic N) is 1. The van der Waals surface area contributed by atoms with E-state index in [0.717, 1.165) is 21.3 Å². The number of aliphatic imine (C=N–C) groups is 1. The van der Waals surface area contributed by atoms with Crippen molar-refractivity contribution in [3.8, 4) is 5.75 Å². The number of halogens is 1. The van der Waals surface area contributed by atoms with Crippen molar-refractivity contribution >= 4 is 33.7 Å². The van der Waals surface area contributed by atoms with Gasteiger partial charge < -0.3 is 10.1 Å². The molecule has 22 heavy (non-hydrogen) atoms. The molecule has 1 aliphatic rings. The summed E-state index contributed by atoms with van der Waals surface area (Å²) in [5, 5.41) is 2.78. The van der Waals surface area contributed by atoms with Crippen molar-refractivity contribution in [3.05, 3.63) is 69.8 Å². The predicted molar refractivity (Wildman–Crippen MR) is 89.8 cm³/mol. The van der Waals surface area contributed by atoms with Crippen molar-refractivity contribution in [2.45, 2.75) is 0 Å². The van der Waals surface area contributed by atoms with E-state index < -0.39 is 0 Å². The number of nitrogens with one attached hydrogen (secondary N) is 1. The summed E-state index contributed by atoms with van der Waals surface area (Å²) >= 11 is 3.38. The number of hydrogen-bond donors (Lipinski definition) is 1. The second-order valence-electron chi connectivity index (χ2n) is 4.73. The molecule has 0 radical (unpaired) electrons. The van der Waals surface area contributed by atoms with Crippen LogP contribution >= 0.6 is 15.9 Å². The fourth-order valence-electron chi connectivity index (χ4n) is 2.09. The largest absolute Gasteiger partial charge is 0.497 e. The highest BCUT2D eigenvalue weighted by molar-refractivity contribution is 9.10. The van der Waals surface area contributed by atoms with E-state index in [-0.39, 0.29) is 5.91 Å². The lowest BCUT2D eigenvalue weighted by atomic mass is 10.2. The van der Waals surface area contributed by atoms with Crippen LogP contribution in [0.4, 0.5) is 0 Å². The number of benzene rings is 2. The third kappa shape index (κ3) is 3.09. The van der Waals surface area contributed by atoms with Crippen LogP contribution in [0, 0.1) is 0 Å². The highest BCUT2D eigenvalue weighted by Crippen LogP contribution is 2.19.